The third-order valence-corrected chi connectivity index (χ3v) is 2.16. The summed E-state index contributed by atoms with van der Waals surface area (Å²) in [4.78, 5) is 11.2. The van der Waals surface area contributed by atoms with Gasteiger partial charge in [-0.05, 0) is 24.6 Å². The van der Waals surface area contributed by atoms with E-state index in [0.29, 0.717) is 0 Å². The Bertz CT molecular complexity index is 368. The van der Waals surface area contributed by atoms with Crippen LogP contribution < -0.4 is 0 Å². The highest BCUT2D eigenvalue weighted by atomic mass is 35.5. The van der Waals surface area contributed by atoms with Crippen molar-refractivity contribution < 1.29 is 18.3 Å². The summed E-state index contributed by atoms with van der Waals surface area (Å²) in [5.41, 5.74) is 0.175. The van der Waals surface area contributed by atoms with Crippen LogP contribution in [0.15, 0.2) is 18.2 Å². The highest BCUT2D eigenvalue weighted by Crippen LogP contribution is 2.23. The molecule has 0 radical (unpaired) electrons. The minimum atomic E-state index is -1.11. The summed E-state index contributed by atoms with van der Waals surface area (Å²) < 4.78 is 30.0. The molecule has 0 fully saturated rings. The van der Waals surface area contributed by atoms with Gasteiger partial charge >= 0.3 is 5.97 Å². The summed E-state index contributed by atoms with van der Waals surface area (Å²) in [7, 11) is 0. The van der Waals surface area contributed by atoms with Gasteiger partial charge in [-0.2, -0.15) is 0 Å². The average molecular weight is 235 g/mol. The largest absolute Gasteiger partial charge is 0.465 e. The van der Waals surface area contributed by atoms with E-state index in [4.69, 9.17) is 11.6 Å². The molecule has 1 aromatic carbocycles. The van der Waals surface area contributed by atoms with E-state index in [2.05, 4.69) is 4.74 Å². The Morgan fingerprint density at radius 2 is 2.13 bits per heavy atom. The van der Waals surface area contributed by atoms with Gasteiger partial charge in [0.1, 0.15) is 0 Å². The molecule has 2 nitrogen and oxygen atoms in total. The summed E-state index contributed by atoms with van der Waals surface area (Å²) in [6.07, 6.45) is 0. The minimum absolute atomic E-state index is 0.175. The van der Waals surface area contributed by atoms with Crippen LogP contribution >= 0.6 is 11.6 Å². The Morgan fingerprint density at radius 3 is 2.67 bits per heavy atom. The van der Waals surface area contributed by atoms with Gasteiger partial charge in [-0.1, -0.05) is 6.07 Å². The van der Waals surface area contributed by atoms with Gasteiger partial charge in [0.2, 0.25) is 0 Å². The van der Waals surface area contributed by atoms with E-state index in [1.807, 2.05) is 0 Å². The first-order valence-corrected chi connectivity index (χ1v) is 4.75. The first kappa shape index (κ1) is 11.9. The van der Waals surface area contributed by atoms with Crippen molar-refractivity contribution in [3.8, 4) is 0 Å². The van der Waals surface area contributed by atoms with Crippen molar-refractivity contribution in [1.29, 1.82) is 0 Å². The van der Waals surface area contributed by atoms with Gasteiger partial charge in [0.05, 0.1) is 6.61 Å². The molecule has 1 aromatic rings. The lowest BCUT2D eigenvalue weighted by atomic mass is 10.1. The summed E-state index contributed by atoms with van der Waals surface area (Å²) in [6, 6.07) is 3.04. The second kappa shape index (κ2) is 5.07. The number of rotatable bonds is 3. The molecule has 0 aromatic heterocycles. The van der Waals surface area contributed by atoms with Crippen molar-refractivity contribution in [2.45, 2.75) is 12.3 Å². The molecular formula is C10H9ClF2O2. The second-order valence-corrected chi connectivity index (χ2v) is 3.22. The van der Waals surface area contributed by atoms with Crippen LogP contribution in [-0.2, 0) is 9.53 Å². The zero-order valence-electron chi connectivity index (χ0n) is 7.97. The zero-order valence-corrected chi connectivity index (χ0v) is 8.72. The van der Waals surface area contributed by atoms with Crippen LogP contribution in [0.1, 0.15) is 17.9 Å². The van der Waals surface area contributed by atoms with Crippen LogP contribution in [0.25, 0.3) is 0 Å². The number of hydrogen-bond acceptors (Lipinski definition) is 2. The third-order valence-electron chi connectivity index (χ3n) is 1.73. The van der Waals surface area contributed by atoms with Gasteiger partial charge in [-0.15, -0.1) is 11.6 Å². The van der Waals surface area contributed by atoms with E-state index in [-0.39, 0.29) is 12.2 Å². The molecule has 0 saturated carbocycles. The normalized spacial score (nSPS) is 12.3. The van der Waals surface area contributed by atoms with E-state index >= 15 is 0 Å². The van der Waals surface area contributed by atoms with E-state index in [9.17, 15) is 13.6 Å². The van der Waals surface area contributed by atoms with E-state index in [0.717, 1.165) is 12.1 Å². The molecule has 0 N–H and O–H groups in total. The Balaban J connectivity index is 2.86. The molecule has 1 rings (SSSR count). The molecule has 82 valence electrons. The molecule has 1 unspecified atom stereocenters. The molecule has 0 aliphatic rings. The Labute approximate surface area is 90.8 Å². The lowest BCUT2D eigenvalue weighted by molar-refractivity contribution is -0.142. The van der Waals surface area contributed by atoms with Gasteiger partial charge in [0, 0.05) is 0 Å². The van der Waals surface area contributed by atoms with Crippen LogP contribution in [0.4, 0.5) is 8.78 Å². The molecule has 0 saturated heterocycles. The number of halogens is 3. The van der Waals surface area contributed by atoms with Crippen molar-refractivity contribution in [1.82, 2.24) is 0 Å². The van der Waals surface area contributed by atoms with Crippen molar-refractivity contribution >= 4 is 17.6 Å². The van der Waals surface area contributed by atoms with Gasteiger partial charge in [0.15, 0.2) is 17.0 Å². The fourth-order valence-electron chi connectivity index (χ4n) is 1.02. The number of hydrogen-bond donors (Lipinski definition) is 0. The summed E-state index contributed by atoms with van der Waals surface area (Å²) in [5, 5.41) is -1.11. The monoisotopic (exact) mass is 234 g/mol. The van der Waals surface area contributed by atoms with Gasteiger partial charge in [-0.3, -0.25) is 4.79 Å². The molecule has 0 aliphatic heterocycles. The molecule has 1 atom stereocenters. The fourth-order valence-corrected chi connectivity index (χ4v) is 1.22. The van der Waals surface area contributed by atoms with Crippen LogP contribution in [0.2, 0.25) is 0 Å². The Kier molecular flexibility index (Phi) is 4.03. The van der Waals surface area contributed by atoms with E-state index in [1.165, 1.54) is 6.07 Å². The Morgan fingerprint density at radius 1 is 1.47 bits per heavy atom. The van der Waals surface area contributed by atoms with Crippen LogP contribution in [-0.4, -0.2) is 12.6 Å². The first-order valence-electron chi connectivity index (χ1n) is 4.32. The van der Waals surface area contributed by atoms with Gasteiger partial charge in [0.25, 0.3) is 0 Å². The van der Waals surface area contributed by atoms with Gasteiger partial charge in [-0.25, -0.2) is 8.78 Å². The molecule has 15 heavy (non-hydrogen) atoms. The van der Waals surface area contributed by atoms with E-state index < -0.39 is 23.0 Å². The second-order valence-electron chi connectivity index (χ2n) is 2.79. The number of alkyl halides is 1. The third kappa shape index (κ3) is 2.89. The SMILES string of the molecule is CCOC(=O)C(Cl)c1ccc(F)c(F)c1. The molecule has 0 amide bonds. The maximum absolute atomic E-state index is 12.8. The average Bonchev–Trinajstić information content (AvgIpc) is 2.21. The number of ether oxygens (including phenoxy) is 1. The summed E-state index contributed by atoms with van der Waals surface area (Å²) in [6.45, 7) is 1.82. The van der Waals surface area contributed by atoms with Crippen LogP contribution in [0.3, 0.4) is 0 Å². The van der Waals surface area contributed by atoms with Crippen molar-refractivity contribution in [2.24, 2.45) is 0 Å². The number of benzene rings is 1. The molecular weight excluding hydrogens is 226 g/mol. The topological polar surface area (TPSA) is 26.3 Å². The van der Waals surface area contributed by atoms with Crippen molar-refractivity contribution in [3.05, 3.63) is 35.4 Å². The number of esters is 1. The Hall–Kier alpha value is -1.16. The number of carbonyl (C=O) groups excluding carboxylic acids is 1. The molecule has 5 heteroatoms. The summed E-state index contributed by atoms with van der Waals surface area (Å²) in [5.74, 6) is -2.70. The predicted molar refractivity (Wildman–Crippen MR) is 51.6 cm³/mol. The highest BCUT2D eigenvalue weighted by molar-refractivity contribution is 6.29. The molecule has 0 bridgehead atoms. The van der Waals surface area contributed by atoms with Crippen LogP contribution in [0.5, 0.6) is 0 Å². The predicted octanol–water partition coefficient (Wildman–Crippen LogP) is 2.81. The first-order chi connectivity index (χ1) is 7.06. The molecule has 0 heterocycles. The zero-order chi connectivity index (χ0) is 11.4. The van der Waals surface area contributed by atoms with Crippen molar-refractivity contribution in [2.75, 3.05) is 6.61 Å². The van der Waals surface area contributed by atoms with Crippen molar-refractivity contribution in [3.63, 3.8) is 0 Å². The fraction of sp³-hybridized carbons (Fsp3) is 0.300. The quantitative estimate of drug-likeness (QED) is 0.594. The smallest absolute Gasteiger partial charge is 0.328 e. The maximum atomic E-state index is 12.8. The van der Waals surface area contributed by atoms with E-state index in [1.54, 1.807) is 6.92 Å². The number of carbonyl (C=O) groups is 1. The molecule has 0 spiro atoms. The highest BCUT2D eigenvalue weighted by Gasteiger charge is 2.20. The maximum Gasteiger partial charge on any atom is 0.328 e. The van der Waals surface area contributed by atoms with Crippen LogP contribution in [0, 0.1) is 11.6 Å². The lowest BCUT2D eigenvalue weighted by Gasteiger charge is -2.08. The molecule has 0 aliphatic carbocycles. The lowest BCUT2D eigenvalue weighted by Crippen LogP contribution is -2.11. The van der Waals surface area contributed by atoms with Gasteiger partial charge < -0.3 is 4.74 Å². The summed E-state index contributed by atoms with van der Waals surface area (Å²) >= 11 is 5.70. The standard InChI is InChI=1S/C10H9ClF2O2/c1-2-15-10(14)9(11)6-3-4-7(12)8(13)5-6/h3-5,9H,2H2,1H3. The minimum Gasteiger partial charge on any atom is -0.465 e.